The van der Waals surface area contributed by atoms with E-state index in [0.717, 1.165) is 28.1 Å². The highest BCUT2D eigenvalue weighted by atomic mass is 32.1. The molecule has 0 saturated carbocycles. The lowest BCUT2D eigenvalue weighted by atomic mass is 9.87. The molecule has 0 fully saturated rings. The van der Waals surface area contributed by atoms with Crippen LogP contribution in [0.15, 0.2) is 24.3 Å². The minimum absolute atomic E-state index is 0.289. The maximum absolute atomic E-state index is 12.2. The van der Waals surface area contributed by atoms with Gasteiger partial charge in [-0.3, -0.25) is 4.79 Å². The van der Waals surface area contributed by atoms with Crippen molar-refractivity contribution in [2.75, 3.05) is 6.54 Å². The molecule has 1 unspecified atom stereocenters. The van der Waals surface area contributed by atoms with Gasteiger partial charge >= 0.3 is 0 Å². The molecular formula is C17H24N2OS. The topological polar surface area (TPSA) is 56.0 Å². The highest BCUT2D eigenvalue weighted by Crippen LogP contribution is 2.24. The average molecular weight is 304 g/mol. The Bertz CT molecular complexity index is 558. The summed E-state index contributed by atoms with van der Waals surface area (Å²) >= 11 is 1.62. The molecule has 3 nitrogen and oxygen atoms in total. The van der Waals surface area contributed by atoms with Crippen molar-refractivity contribution in [2.24, 2.45) is 17.6 Å². The molecule has 2 aromatic rings. The maximum atomic E-state index is 12.2. The van der Waals surface area contributed by atoms with Crippen LogP contribution in [0.4, 0.5) is 0 Å². The van der Waals surface area contributed by atoms with Crippen LogP contribution in [0.2, 0.25) is 0 Å². The first-order valence-electron chi connectivity index (χ1n) is 7.66. The van der Waals surface area contributed by atoms with Gasteiger partial charge in [-0.05, 0) is 43.4 Å². The minimum Gasteiger partial charge on any atom is -0.330 e. The van der Waals surface area contributed by atoms with Crippen LogP contribution in [0, 0.1) is 11.8 Å². The SMILES string of the molecule is CC(C)C(CCN)CCC(=O)Cc1nc2ccccc2s1. The predicted molar refractivity (Wildman–Crippen MR) is 89.6 cm³/mol. The van der Waals surface area contributed by atoms with Crippen LogP contribution >= 0.6 is 11.3 Å². The number of Topliss-reactive ketones (excluding diaryl/α,β-unsaturated/α-hetero) is 1. The molecule has 2 rings (SSSR count). The van der Waals surface area contributed by atoms with Crippen molar-refractivity contribution in [3.05, 3.63) is 29.3 Å². The lowest BCUT2D eigenvalue weighted by Gasteiger charge is -2.19. The number of benzene rings is 1. The van der Waals surface area contributed by atoms with Crippen molar-refractivity contribution in [3.8, 4) is 0 Å². The summed E-state index contributed by atoms with van der Waals surface area (Å²) in [6.07, 6.45) is 3.05. The summed E-state index contributed by atoms with van der Waals surface area (Å²) in [5.74, 6) is 1.43. The number of ketones is 1. The van der Waals surface area contributed by atoms with E-state index in [1.54, 1.807) is 11.3 Å². The molecule has 1 aromatic heterocycles. The Morgan fingerprint density at radius 3 is 2.71 bits per heavy atom. The van der Waals surface area contributed by atoms with Crippen LogP contribution in [0.1, 0.15) is 38.1 Å². The van der Waals surface area contributed by atoms with E-state index in [0.29, 0.717) is 31.2 Å². The van der Waals surface area contributed by atoms with E-state index >= 15 is 0 Å². The van der Waals surface area contributed by atoms with Crippen LogP contribution in [0.25, 0.3) is 10.2 Å². The van der Waals surface area contributed by atoms with Gasteiger partial charge in [-0.15, -0.1) is 11.3 Å². The number of aromatic nitrogens is 1. The zero-order valence-electron chi connectivity index (χ0n) is 12.8. The van der Waals surface area contributed by atoms with Crippen molar-refractivity contribution in [1.29, 1.82) is 0 Å². The largest absolute Gasteiger partial charge is 0.330 e. The third-order valence-corrected chi connectivity index (χ3v) is 5.00. The molecule has 1 aromatic carbocycles. The van der Waals surface area contributed by atoms with Gasteiger partial charge in [-0.1, -0.05) is 26.0 Å². The number of nitrogens with two attached hydrogens (primary N) is 1. The van der Waals surface area contributed by atoms with E-state index < -0.39 is 0 Å². The maximum Gasteiger partial charge on any atom is 0.139 e. The molecule has 0 aliphatic carbocycles. The van der Waals surface area contributed by atoms with Crippen LogP contribution in [0.5, 0.6) is 0 Å². The Hall–Kier alpha value is -1.26. The second kappa shape index (κ2) is 7.66. The standard InChI is InChI=1S/C17H24N2OS/c1-12(2)13(9-10-18)7-8-14(20)11-17-19-15-5-3-4-6-16(15)21-17/h3-6,12-13H,7-11,18H2,1-2H3. The van der Waals surface area contributed by atoms with Gasteiger partial charge in [0.15, 0.2) is 0 Å². The summed E-state index contributed by atoms with van der Waals surface area (Å²) in [6, 6.07) is 8.03. The Labute approximate surface area is 130 Å². The molecular weight excluding hydrogens is 280 g/mol. The smallest absolute Gasteiger partial charge is 0.139 e. The predicted octanol–water partition coefficient (Wildman–Crippen LogP) is 3.81. The van der Waals surface area contributed by atoms with Gasteiger partial charge in [-0.2, -0.15) is 0 Å². The Morgan fingerprint density at radius 1 is 1.29 bits per heavy atom. The third kappa shape index (κ3) is 4.61. The van der Waals surface area contributed by atoms with E-state index in [1.807, 2.05) is 18.2 Å². The Morgan fingerprint density at radius 2 is 2.05 bits per heavy atom. The van der Waals surface area contributed by atoms with Gasteiger partial charge in [-0.25, -0.2) is 4.98 Å². The van der Waals surface area contributed by atoms with Crippen molar-refractivity contribution in [1.82, 2.24) is 4.98 Å². The molecule has 0 amide bonds. The summed E-state index contributed by atoms with van der Waals surface area (Å²) < 4.78 is 1.16. The molecule has 0 saturated heterocycles. The number of hydrogen-bond acceptors (Lipinski definition) is 4. The second-order valence-corrected chi connectivity index (χ2v) is 7.03. The van der Waals surface area contributed by atoms with Crippen LogP contribution in [-0.4, -0.2) is 17.3 Å². The number of para-hydroxylation sites is 1. The quantitative estimate of drug-likeness (QED) is 0.807. The molecule has 0 aliphatic heterocycles. The van der Waals surface area contributed by atoms with Gasteiger partial charge < -0.3 is 5.73 Å². The summed E-state index contributed by atoms with van der Waals surface area (Å²) in [7, 11) is 0. The molecule has 0 aliphatic rings. The van der Waals surface area contributed by atoms with E-state index in [9.17, 15) is 4.79 Å². The fraction of sp³-hybridized carbons (Fsp3) is 0.529. The number of rotatable bonds is 8. The van der Waals surface area contributed by atoms with Crippen LogP contribution in [0.3, 0.4) is 0 Å². The van der Waals surface area contributed by atoms with Gasteiger partial charge in [0.25, 0.3) is 0 Å². The lowest BCUT2D eigenvalue weighted by Crippen LogP contribution is -2.16. The van der Waals surface area contributed by atoms with Gasteiger partial charge in [0.05, 0.1) is 16.6 Å². The molecule has 0 radical (unpaired) electrons. The Kier molecular flexibility index (Phi) is 5.88. The molecule has 0 bridgehead atoms. The zero-order chi connectivity index (χ0) is 15.2. The number of carbonyl (C=O) groups is 1. The van der Waals surface area contributed by atoms with Gasteiger partial charge in [0.1, 0.15) is 10.8 Å². The number of fused-ring (bicyclic) bond motifs is 1. The van der Waals surface area contributed by atoms with Crippen molar-refractivity contribution in [3.63, 3.8) is 0 Å². The number of nitrogens with zero attached hydrogens (tertiary/aromatic N) is 1. The molecule has 4 heteroatoms. The first-order chi connectivity index (χ1) is 10.1. The van der Waals surface area contributed by atoms with Crippen LogP contribution in [-0.2, 0) is 11.2 Å². The van der Waals surface area contributed by atoms with Crippen molar-refractivity contribution < 1.29 is 4.79 Å². The van der Waals surface area contributed by atoms with Gasteiger partial charge in [0, 0.05) is 6.42 Å². The van der Waals surface area contributed by atoms with E-state index in [2.05, 4.69) is 24.9 Å². The molecule has 0 spiro atoms. The molecule has 1 atom stereocenters. The molecule has 114 valence electrons. The van der Waals surface area contributed by atoms with Gasteiger partial charge in [0.2, 0.25) is 0 Å². The highest BCUT2D eigenvalue weighted by Gasteiger charge is 2.15. The minimum atomic E-state index is 0.289. The van der Waals surface area contributed by atoms with E-state index in [1.165, 1.54) is 0 Å². The monoisotopic (exact) mass is 304 g/mol. The fourth-order valence-corrected chi connectivity index (χ4v) is 3.62. The first kappa shape index (κ1) is 16.1. The number of thiazole rings is 1. The fourth-order valence-electron chi connectivity index (χ4n) is 2.62. The van der Waals surface area contributed by atoms with E-state index in [4.69, 9.17) is 5.73 Å². The second-order valence-electron chi connectivity index (χ2n) is 5.91. The number of hydrogen-bond donors (Lipinski definition) is 1. The zero-order valence-corrected chi connectivity index (χ0v) is 13.7. The summed E-state index contributed by atoms with van der Waals surface area (Å²) in [4.78, 5) is 16.7. The summed E-state index contributed by atoms with van der Waals surface area (Å²) in [5.41, 5.74) is 6.64. The average Bonchev–Trinajstić information content (AvgIpc) is 2.85. The number of carbonyl (C=O) groups excluding carboxylic acids is 1. The normalized spacial score (nSPS) is 13.0. The lowest BCUT2D eigenvalue weighted by molar-refractivity contribution is -0.118. The molecule has 2 N–H and O–H groups in total. The van der Waals surface area contributed by atoms with Crippen LogP contribution < -0.4 is 5.73 Å². The molecule has 1 heterocycles. The molecule has 21 heavy (non-hydrogen) atoms. The summed E-state index contributed by atoms with van der Waals surface area (Å²) in [6.45, 7) is 5.12. The Balaban J connectivity index is 1.89. The van der Waals surface area contributed by atoms with E-state index in [-0.39, 0.29) is 5.78 Å². The summed E-state index contributed by atoms with van der Waals surface area (Å²) in [5, 5.41) is 0.932. The van der Waals surface area contributed by atoms with Crippen molar-refractivity contribution >= 4 is 27.3 Å². The third-order valence-electron chi connectivity index (χ3n) is 3.96. The van der Waals surface area contributed by atoms with Crippen molar-refractivity contribution in [2.45, 2.75) is 39.5 Å². The first-order valence-corrected chi connectivity index (χ1v) is 8.48. The highest BCUT2D eigenvalue weighted by molar-refractivity contribution is 7.18.